The third kappa shape index (κ3) is 4.33. The van der Waals surface area contributed by atoms with Crippen LogP contribution in [0, 0.1) is 5.82 Å². The normalized spacial score (nSPS) is 13.4. The largest absolute Gasteiger partial charge is 0.282 e. The second-order valence-electron chi connectivity index (χ2n) is 5.68. The van der Waals surface area contributed by atoms with E-state index in [1.54, 1.807) is 31.2 Å². The van der Waals surface area contributed by atoms with E-state index < -0.39 is 22.1 Å². The second-order valence-corrected chi connectivity index (χ2v) is 8.59. The van der Waals surface area contributed by atoms with Gasteiger partial charge in [-0.15, -0.1) is 0 Å². The monoisotopic (exact) mass is 404 g/mol. The zero-order valence-corrected chi connectivity index (χ0v) is 16.4. The van der Waals surface area contributed by atoms with E-state index in [4.69, 9.17) is 23.2 Å². The number of rotatable bonds is 6. The first-order chi connectivity index (χ1) is 11.7. The van der Waals surface area contributed by atoms with Gasteiger partial charge in [-0.25, -0.2) is 4.39 Å². The maximum atomic E-state index is 13.9. The molecule has 1 unspecified atom stereocenters. The van der Waals surface area contributed by atoms with Crippen molar-refractivity contribution in [3.8, 4) is 0 Å². The number of nitrogens with zero attached hydrogens (tertiary/aromatic N) is 2. The van der Waals surface area contributed by atoms with Crippen molar-refractivity contribution in [1.82, 2.24) is 8.61 Å². The molecule has 1 atom stereocenters. The third-order valence-electron chi connectivity index (χ3n) is 4.10. The fourth-order valence-electron chi connectivity index (χ4n) is 2.42. The van der Waals surface area contributed by atoms with Crippen LogP contribution in [0.5, 0.6) is 0 Å². The first-order valence-electron chi connectivity index (χ1n) is 7.53. The Labute approximate surface area is 158 Å². The van der Waals surface area contributed by atoms with Crippen molar-refractivity contribution >= 4 is 33.4 Å². The van der Waals surface area contributed by atoms with E-state index in [1.807, 2.05) is 0 Å². The number of benzene rings is 2. The Morgan fingerprint density at radius 1 is 1.04 bits per heavy atom. The van der Waals surface area contributed by atoms with Gasteiger partial charge in [-0.2, -0.15) is 17.0 Å². The Balaban J connectivity index is 2.26. The molecule has 2 aromatic carbocycles. The van der Waals surface area contributed by atoms with Crippen LogP contribution >= 0.6 is 23.2 Å². The molecule has 0 bridgehead atoms. The van der Waals surface area contributed by atoms with Gasteiger partial charge in [0.1, 0.15) is 5.82 Å². The van der Waals surface area contributed by atoms with Crippen molar-refractivity contribution in [1.29, 1.82) is 0 Å². The lowest BCUT2D eigenvalue weighted by atomic mass is 10.1. The molecule has 0 saturated heterocycles. The molecular formula is C17H19Cl2FN2O2S. The van der Waals surface area contributed by atoms with E-state index in [0.29, 0.717) is 10.6 Å². The van der Waals surface area contributed by atoms with Gasteiger partial charge in [0.15, 0.2) is 0 Å². The Bertz CT molecular complexity index is 841. The summed E-state index contributed by atoms with van der Waals surface area (Å²) in [5, 5.41) is 0.667. The van der Waals surface area contributed by atoms with Gasteiger partial charge >= 0.3 is 0 Å². The topological polar surface area (TPSA) is 40.6 Å². The van der Waals surface area contributed by atoms with E-state index in [-0.39, 0.29) is 17.1 Å². The second kappa shape index (κ2) is 8.01. The van der Waals surface area contributed by atoms with Crippen LogP contribution in [0.1, 0.15) is 24.1 Å². The van der Waals surface area contributed by atoms with Crippen LogP contribution in [0.4, 0.5) is 4.39 Å². The van der Waals surface area contributed by atoms with Gasteiger partial charge in [-0.05, 0) is 30.7 Å². The highest BCUT2D eigenvalue weighted by atomic mass is 35.5. The van der Waals surface area contributed by atoms with Crippen LogP contribution in [-0.2, 0) is 16.8 Å². The molecule has 0 spiro atoms. The standard InChI is InChI=1S/C17H19Cl2FN2O2S/c1-12(13-7-4-5-8-15(13)18)22(3)25(23,24)21(2)11-14-16(19)9-6-10-17(14)20/h4-10,12H,11H2,1-3H3. The zero-order valence-electron chi connectivity index (χ0n) is 14.1. The van der Waals surface area contributed by atoms with E-state index in [2.05, 4.69) is 0 Å². The summed E-state index contributed by atoms with van der Waals surface area (Å²) in [6.45, 7) is 1.57. The molecule has 0 radical (unpaired) electrons. The van der Waals surface area contributed by atoms with Crippen LogP contribution in [0.2, 0.25) is 10.0 Å². The summed E-state index contributed by atoms with van der Waals surface area (Å²) in [5.74, 6) is -0.545. The van der Waals surface area contributed by atoms with Gasteiger partial charge in [-0.3, -0.25) is 0 Å². The molecular weight excluding hydrogens is 386 g/mol. The Morgan fingerprint density at radius 3 is 2.24 bits per heavy atom. The van der Waals surface area contributed by atoms with Crippen LogP contribution in [-0.4, -0.2) is 31.1 Å². The molecule has 4 nitrogen and oxygen atoms in total. The number of hydrogen-bond donors (Lipinski definition) is 0. The van der Waals surface area contributed by atoms with Crippen molar-refractivity contribution in [3.63, 3.8) is 0 Å². The molecule has 136 valence electrons. The number of halogens is 3. The van der Waals surface area contributed by atoms with Crippen molar-refractivity contribution in [3.05, 3.63) is 69.5 Å². The van der Waals surface area contributed by atoms with E-state index >= 15 is 0 Å². The summed E-state index contributed by atoms with van der Waals surface area (Å²) in [6, 6.07) is 10.8. The van der Waals surface area contributed by atoms with Gasteiger partial charge in [0.25, 0.3) is 10.2 Å². The zero-order chi connectivity index (χ0) is 18.8. The molecule has 0 aliphatic heterocycles. The van der Waals surface area contributed by atoms with Crippen molar-refractivity contribution in [2.45, 2.75) is 19.5 Å². The van der Waals surface area contributed by atoms with Crippen molar-refractivity contribution < 1.29 is 12.8 Å². The third-order valence-corrected chi connectivity index (χ3v) is 6.76. The van der Waals surface area contributed by atoms with Gasteiger partial charge < -0.3 is 0 Å². The summed E-state index contributed by atoms with van der Waals surface area (Å²) in [5.41, 5.74) is 0.821. The lowest BCUT2D eigenvalue weighted by Gasteiger charge is -2.29. The van der Waals surface area contributed by atoms with Gasteiger partial charge in [0.05, 0.1) is 0 Å². The highest BCUT2D eigenvalue weighted by molar-refractivity contribution is 7.86. The minimum absolute atomic E-state index is 0.133. The highest BCUT2D eigenvalue weighted by Crippen LogP contribution is 2.29. The Morgan fingerprint density at radius 2 is 1.64 bits per heavy atom. The molecule has 0 aliphatic carbocycles. The Hall–Kier alpha value is -1.18. The van der Waals surface area contributed by atoms with Gasteiger partial charge in [0.2, 0.25) is 0 Å². The molecule has 0 saturated carbocycles. The minimum Gasteiger partial charge on any atom is -0.207 e. The maximum absolute atomic E-state index is 13.9. The summed E-state index contributed by atoms with van der Waals surface area (Å²) in [6.07, 6.45) is 0. The fourth-order valence-corrected chi connectivity index (χ4v) is 4.18. The van der Waals surface area contributed by atoms with Crippen LogP contribution in [0.15, 0.2) is 42.5 Å². The maximum Gasteiger partial charge on any atom is 0.282 e. The van der Waals surface area contributed by atoms with E-state index in [9.17, 15) is 12.8 Å². The molecule has 8 heteroatoms. The lowest BCUT2D eigenvalue weighted by Crippen LogP contribution is -2.40. The molecule has 0 amide bonds. The molecule has 25 heavy (non-hydrogen) atoms. The predicted molar refractivity (Wildman–Crippen MR) is 99.4 cm³/mol. The molecule has 2 rings (SSSR count). The predicted octanol–water partition coefficient (Wildman–Crippen LogP) is 4.50. The lowest BCUT2D eigenvalue weighted by molar-refractivity contribution is 0.345. The van der Waals surface area contributed by atoms with E-state index in [0.717, 1.165) is 4.31 Å². The average Bonchev–Trinajstić information content (AvgIpc) is 2.57. The first-order valence-corrected chi connectivity index (χ1v) is 9.68. The Kier molecular flexibility index (Phi) is 6.45. The smallest absolute Gasteiger partial charge is 0.207 e. The number of hydrogen-bond acceptors (Lipinski definition) is 2. The van der Waals surface area contributed by atoms with Crippen LogP contribution < -0.4 is 0 Å². The van der Waals surface area contributed by atoms with Gasteiger partial charge in [-0.1, -0.05) is 47.5 Å². The summed E-state index contributed by atoms with van der Waals surface area (Å²) >= 11 is 12.2. The molecule has 0 N–H and O–H groups in total. The molecule has 0 aromatic heterocycles. The molecule has 0 aliphatic rings. The first kappa shape index (κ1) is 20.1. The minimum atomic E-state index is -3.85. The summed E-state index contributed by atoms with van der Waals surface area (Å²) in [7, 11) is -1.01. The quantitative estimate of drug-likeness (QED) is 0.710. The highest BCUT2D eigenvalue weighted by Gasteiger charge is 2.30. The fraction of sp³-hybridized carbons (Fsp3) is 0.294. The molecule has 0 heterocycles. The summed E-state index contributed by atoms with van der Waals surface area (Å²) in [4.78, 5) is 0. The average molecular weight is 405 g/mol. The molecule has 2 aromatic rings. The van der Waals surface area contributed by atoms with Crippen LogP contribution in [0.3, 0.4) is 0 Å². The van der Waals surface area contributed by atoms with Gasteiger partial charge in [0, 0.05) is 42.3 Å². The summed E-state index contributed by atoms with van der Waals surface area (Å²) < 4.78 is 41.9. The SMILES string of the molecule is CC(c1ccccc1Cl)N(C)S(=O)(=O)N(C)Cc1c(F)cccc1Cl. The van der Waals surface area contributed by atoms with E-state index in [1.165, 1.54) is 36.6 Å². The van der Waals surface area contributed by atoms with Crippen molar-refractivity contribution in [2.24, 2.45) is 0 Å². The molecule has 0 fully saturated rings. The van der Waals surface area contributed by atoms with Crippen molar-refractivity contribution in [2.75, 3.05) is 14.1 Å². The van der Waals surface area contributed by atoms with Crippen LogP contribution in [0.25, 0.3) is 0 Å².